The van der Waals surface area contributed by atoms with Gasteiger partial charge in [-0.1, -0.05) is 0 Å². The number of carbonyl (C=O) groups is 1. The second-order valence-electron chi connectivity index (χ2n) is 8.94. The summed E-state index contributed by atoms with van der Waals surface area (Å²) in [6.07, 6.45) is 3.97. The first kappa shape index (κ1) is 22.1. The van der Waals surface area contributed by atoms with Crippen molar-refractivity contribution in [1.29, 1.82) is 0 Å². The molecule has 10 heteroatoms. The summed E-state index contributed by atoms with van der Waals surface area (Å²) in [5.41, 5.74) is 8.60. The van der Waals surface area contributed by atoms with Crippen molar-refractivity contribution in [3.8, 4) is 17.0 Å². The average Bonchev–Trinajstić information content (AvgIpc) is 2.79. The maximum absolute atomic E-state index is 15.3. The van der Waals surface area contributed by atoms with Gasteiger partial charge < -0.3 is 25.4 Å². The van der Waals surface area contributed by atoms with Crippen molar-refractivity contribution in [3.63, 3.8) is 0 Å². The second-order valence-corrected chi connectivity index (χ2v) is 8.94. The molecule has 3 heterocycles. The SMILES string of the molecule is Cc1c(-c2cc3cc(NC(=O)O[C@H]4C[C@H](N(C)C)C4)ncc3c(N)c2F)cnc2c1NCCO2. The molecule has 1 saturated carbocycles. The van der Waals surface area contributed by atoms with E-state index in [4.69, 9.17) is 15.2 Å². The van der Waals surface area contributed by atoms with Gasteiger partial charge in [0.2, 0.25) is 5.88 Å². The molecule has 4 N–H and O–H groups in total. The van der Waals surface area contributed by atoms with Crippen LogP contribution in [0.4, 0.5) is 26.4 Å². The summed E-state index contributed by atoms with van der Waals surface area (Å²) < 4.78 is 26.3. The third kappa shape index (κ3) is 3.94. The lowest BCUT2D eigenvalue weighted by molar-refractivity contribution is 0.00916. The van der Waals surface area contributed by atoms with E-state index in [1.807, 2.05) is 21.0 Å². The number of anilines is 3. The van der Waals surface area contributed by atoms with Crippen LogP contribution in [0.1, 0.15) is 18.4 Å². The van der Waals surface area contributed by atoms with E-state index in [0.717, 1.165) is 24.1 Å². The first-order chi connectivity index (χ1) is 16.3. The van der Waals surface area contributed by atoms with Crippen LogP contribution in [0.25, 0.3) is 21.9 Å². The standard InChI is InChI=1S/C24H27FN6O3/c1-12-17(10-29-23-22(12)27-4-5-33-23)16-6-13-7-19(28-11-18(13)21(26)20(16)25)30-24(32)34-15-8-14(9-15)31(2)3/h6-7,10-11,14-15,27H,4-5,8-9,26H2,1-3H3,(H,28,30,32)/t14-,15-. The van der Waals surface area contributed by atoms with E-state index in [1.165, 1.54) is 6.20 Å². The molecule has 0 bridgehead atoms. The van der Waals surface area contributed by atoms with Crippen LogP contribution in [0, 0.1) is 12.7 Å². The Hall–Kier alpha value is -3.66. The number of nitrogens with two attached hydrogens (primary N) is 1. The Balaban J connectivity index is 1.42. The van der Waals surface area contributed by atoms with Gasteiger partial charge in [-0.05, 0) is 44.1 Å². The van der Waals surface area contributed by atoms with Crippen LogP contribution in [0.5, 0.6) is 5.88 Å². The van der Waals surface area contributed by atoms with Crippen molar-refractivity contribution in [3.05, 3.63) is 35.9 Å². The Morgan fingerprint density at radius 3 is 2.82 bits per heavy atom. The Labute approximate surface area is 196 Å². The van der Waals surface area contributed by atoms with Crippen molar-refractivity contribution in [1.82, 2.24) is 14.9 Å². The number of halogens is 1. The van der Waals surface area contributed by atoms with Gasteiger partial charge in [-0.3, -0.25) is 5.32 Å². The highest BCUT2D eigenvalue weighted by Gasteiger charge is 2.33. The fraction of sp³-hybridized carbons (Fsp3) is 0.375. The van der Waals surface area contributed by atoms with E-state index in [2.05, 4.69) is 25.5 Å². The molecule has 1 aliphatic heterocycles. The third-order valence-electron chi connectivity index (χ3n) is 6.54. The smallest absolute Gasteiger partial charge is 0.413 e. The molecular weight excluding hydrogens is 439 g/mol. The van der Waals surface area contributed by atoms with Crippen LogP contribution >= 0.6 is 0 Å². The van der Waals surface area contributed by atoms with Gasteiger partial charge in [0.25, 0.3) is 0 Å². The zero-order chi connectivity index (χ0) is 24.0. The van der Waals surface area contributed by atoms with Gasteiger partial charge >= 0.3 is 6.09 Å². The quantitative estimate of drug-likeness (QED) is 0.498. The maximum Gasteiger partial charge on any atom is 0.413 e. The molecule has 3 aromatic rings. The molecule has 1 amide bonds. The predicted octanol–water partition coefficient (Wildman–Crippen LogP) is 3.77. The molecule has 2 aromatic heterocycles. The number of hydrogen-bond acceptors (Lipinski definition) is 8. The van der Waals surface area contributed by atoms with Gasteiger partial charge in [0.1, 0.15) is 24.2 Å². The normalized spacial score (nSPS) is 19.1. The molecule has 2 aliphatic rings. The molecule has 5 rings (SSSR count). The van der Waals surface area contributed by atoms with E-state index in [1.54, 1.807) is 18.3 Å². The maximum atomic E-state index is 15.3. The van der Waals surface area contributed by atoms with E-state index < -0.39 is 11.9 Å². The molecule has 9 nitrogen and oxygen atoms in total. The summed E-state index contributed by atoms with van der Waals surface area (Å²) in [7, 11) is 4.02. The lowest BCUT2D eigenvalue weighted by atomic mass is 9.88. The number of nitrogen functional groups attached to an aromatic ring is 1. The van der Waals surface area contributed by atoms with Gasteiger partial charge in [-0.2, -0.15) is 0 Å². The highest BCUT2D eigenvalue weighted by Crippen LogP contribution is 2.39. The molecule has 1 fully saturated rings. The summed E-state index contributed by atoms with van der Waals surface area (Å²) in [6, 6.07) is 3.77. The molecule has 34 heavy (non-hydrogen) atoms. The zero-order valence-corrected chi connectivity index (χ0v) is 19.3. The number of benzene rings is 1. The fourth-order valence-electron chi connectivity index (χ4n) is 4.40. The van der Waals surface area contributed by atoms with Gasteiger partial charge in [-0.15, -0.1) is 0 Å². The number of nitrogens with zero attached hydrogens (tertiary/aromatic N) is 3. The molecule has 0 atom stereocenters. The predicted molar refractivity (Wildman–Crippen MR) is 129 cm³/mol. The molecule has 0 spiro atoms. The third-order valence-corrected chi connectivity index (χ3v) is 6.54. The molecule has 1 aliphatic carbocycles. The minimum atomic E-state index is -0.565. The molecule has 0 unspecified atom stereocenters. The number of aromatic nitrogens is 2. The minimum absolute atomic E-state index is 0.0142. The molecule has 0 radical (unpaired) electrons. The van der Waals surface area contributed by atoms with Crippen LogP contribution < -0.4 is 21.1 Å². The van der Waals surface area contributed by atoms with E-state index in [-0.39, 0.29) is 11.8 Å². The van der Waals surface area contributed by atoms with Crippen molar-refractivity contribution in [2.24, 2.45) is 0 Å². The summed E-state index contributed by atoms with van der Waals surface area (Å²) in [6.45, 7) is 3.06. The Bertz CT molecular complexity index is 1280. The lowest BCUT2D eigenvalue weighted by Gasteiger charge is -2.38. The summed E-state index contributed by atoms with van der Waals surface area (Å²) in [5, 5.41) is 7.02. The van der Waals surface area contributed by atoms with Crippen molar-refractivity contribution < 1.29 is 18.7 Å². The Morgan fingerprint density at radius 1 is 1.26 bits per heavy atom. The molecule has 178 valence electrons. The molecular formula is C24H27FN6O3. The average molecular weight is 467 g/mol. The number of pyridine rings is 2. The zero-order valence-electron chi connectivity index (χ0n) is 19.3. The number of nitrogens with one attached hydrogen (secondary N) is 2. The van der Waals surface area contributed by atoms with E-state index in [9.17, 15) is 4.79 Å². The molecule has 1 aromatic carbocycles. The van der Waals surface area contributed by atoms with Crippen LogP contribution in [0.15, 0.2) is 24.5 Å². The summed E-state index contributed by atoms with van der Waals surface area (Å²) in [5.74, 6) is 0.254. The van der Waals surface area contributed by atoms with Crippen molar-refractivity contribution in [2.75, 3.05) is 43.6 Å². The van der Waals surface area contributed by atoms with E-state index in [0.29, 0.717) is 52.8 Å². The Kier molecular flexibility index (Phi) is 5.60. The monoisotopic (exact) mass is 466 g/mol. The molecule has 0 saturated heterocycles. The minimum Gasteiger partial charge on any atom is -0.474 e. The number of ether oxygens (including phenoxy) is 2. The first-order valence-corrected chi connectivity index (χ1v) is 11.2. The number of hydrogen-bond donors (Lipinski definition) is 3. The Morgan fingerprint density at radius 2 is 2.06 bits per heavy atom. The first-order valence-electron chi connectivity index (χ1n) is 11.2. The largest absolute Gasteiger partial charge is 0.474 e. The summed E-state index contributed by atoms with van der Waals surface area (Å²) >= 11 is 0. The highest BCUT2D eigenvalue weighted by atomic mass is 19.1. The fourth-order valence-corrected chi connectivity index (χ4v) is 4.40. The second kappa shape index (κ2) is 8.60. The van der Waals surface area contributed by atoms with Crippen LogP contribution in [0.2, 0.25) is 0 Å². The van der Waals surface area contributed by atoms with Crippen LogP contribution in [-0.2, 0) is 4.74 Å². The lowest BCUT2D eigenvalue weighted by Crippen LogP contribution is -2.45. The van der Waals surface area contributed by atoms with Gasteiger partial charge in [0.05, 0.1) is 5.69 Å². The van der Waals surface area contributed by atoms with Crippen LogP contribution in [0.3, 0.4) is 0 Å². The van der Waals surface area contributed by atoms with Gasteiger partial charge in [-0.25, -0.2) is 19.2 Å². The highest BCUT2D eigenvalue weighted by molar-refractivity contribution is 5.99. The number of fused-ring (bicyclic) bond motifs is 2. The number of amides is 1. The number of carbonyl (C=O) groups excluding carboxylic acids is 1. The summed E-state index contributed by atoms with van der Waals surface area (Å²) in [4.78, 5) is 23.0. The van der Waals surface area contributed by atoms with E-state index >= 15 is 4.39 Å². The van der Waals surface area contributed by atoms with Gasteiger partial charge in [0.15, 0.2) is 5.82 Å². The topological polar surface area (TPSA) is 115 Å². The van der Waals surface area contributed by atoms with Crippen LogP contribution in [-0.4, -0.2) is 60.4 Å². The van der Waals surface area contributed by atoms with Crippen molar-refractivity contribution >= 4 is 34.1 Å². The number of rotatable bonds is 4. The van der Waals surface area contributed by atoms with Crippen molar-refractivity contribution in [2.45, 2.75) is 31.9 Å². The van der Waals surface area contributed by atoms with Gasteiger partial charge in [0, 0.05) is 54.3 Å².